The first-order valence-electron chi connectivity index (χ1n) is 6.34. The van der Waals surface area contributed by atoms with E-state index in [2.05, 4.69) is 16.8 Å². The molecule has 0 radical (unpaired) electrons. The largest absolute Gasteiger partial charge is 0.327 e. The molecule has 0 amide bonds. The molecule has 1 aliphatic rings. The molecule has 1 aromatic heterocycles. The lowest BCUT2D eigenvalue weighted by Gasteiger charge is -2.23. The number of benzene rings is 1. The Morgan fingerprint density at radius 2 is 2.33 bits per heavy atom. The monoisotopic (exact) mass is 265 g/mol. The van der Waals surface area contributed by atoms with Gasteiger partial charge in [-0.1, -0.05) is 18.5 Å². The van der Waals surface area contributed by atoms with Gasteiger partial charge in [-0.15, -0.1) is 0 Å². The number of aromatic nitrogens is 2. The number of likely N-dealkylation sites (tertiary alicyclic amines) is 1. The molecular weight excluding hydrogens is 250 g/mol. The summed E-state index contributed by atoms with van der Waals surface area (Å²) in [5.74, 6) is 0. The minimum absolute atomic E-state index is 0.0439. The van der Waals surface area contributed by atoms with E-state index in [1.165, 1.54) is 0 Å². The van der Waals surface area contributed by atoms with Crippen LogP contribution in [-0.2, 0) is 0 Å². The van der Waals surface area contributed by atoms with E-state index in [0.29, 0.717) is 5.02 Å². The average molecular weight is 266 g/mol. The highest BCUT2D eigenvalue weighted by Gasteiger charge is 2.27. The van der Waals surface area contributed by atoms with Gasteiger partial charge in [-0.25, -0.2) is 4.79 Å². The Morgan fingerprint density at radius 3 is 3.11 bits per heavy atom. The maximum Gasteiger partial charge on any atom is 0.327 e. The van der Waals surface area contributed by atoms with E-state index in [0.717, 1.165) is 37.0 Å². The smallest absolute Gasteiger partial charge is 0.305 e. The van der Waals surface area contributed by atoms with Gasteiger partial charge in [-0.3, -0.25) is 9.47 Å². The van der Waals surface area contributed by atoms with Crippen LogP contribution in [0.1, 0.15) is 25.9 Å². The SMILES string of the molecule is CCN1CCCC1n1c(=O)[nH]c2cc(Cl)ccc21. The lowest BCUT2D eigenvalue weighted by molar-refractivity contribution is 0.204. The Hall–Kier alpha value is -1.26. The molecule has 96 valence electrons. The van der Waals surface area contributed by atoms with Gasteiger partial charge in [0.25, 0.3) is 0 Å². The van der Waals surface area contributed by atoms with Crippen LogP contribution >= 0.6 is 11.6 Å². The highest BCUT2D eigenvalue weighted by Crippen LogP contribution is 2.28. The second kappa shape index (κ2) is 4.44. The van der Waals surface area contributed by atoms with Crippen molar-refractivity contribution in [3.8, 4) is 0 Å². The lowest BCUT2D eigenvalue weighted by atomic mass is 10.3. The van der Waals surface area contributed by atoms with Crippen LogP contribution in [0.25, 0.3) is 11.0 Å². The summed E-state index contributed by atoms with van der Waals surface area (Å²) < 4.78 is 1.86. The molecule has 2 heterocycles. The van der Waals surface area contributed by atoms with E-state index in [1.807, 2.05) is 16.7 Å². The molecule has 1 atom stereocenters. The molecule has 0 saturated carbocycles. The normalized spacial score (nSPS) is 20.9. The van der Waals surface area contributed by atoms with Crippen LogP contribution in [0.2, 0.25) is 5.02 Å². The van der Waals surface area contributed by atoms with Crippen molar-refractivity contribution in [2.45, 2.75) is 25.9 Å². The summed E-state index contributed by atoms with van der Waals surface area (Å²) in [4.78, 5) is 17.4. The molecule has 1 unspecified atom stereocenters. The van der Waals surface area contributed by atoms with Gasteiger partial charge in [-0.05, 0) is 37.6 Å². The number of hydrogen-bond acceptors (Lipinski definition) is 2. The zero-order valence-corrected chi connectivity index (χ0v) is 11.1. The number of aromatic amines is 1. The van der Waals surface area contributed by atoms with Gasteiger partial charge in [0.1, 0.15) is 0 Å². The maximum absolute atomic E-state index is 12.1. The second-order valence-electron chi connectivity index (χ2n) is 4.71. The first-order chi connectivity index (χ1) is 8.70. The third kappa shape index (κ3) is 1.76. The van der Waals surface area contributed by atoms with Crippen LogP contribution in [0, 0.1) is 0 Å². The molecule has 1 aromatic carbocycles. The van der Waals surface area contributed by atoms with Crippen molar-refractivity contribution in [2.24, 2.45) is 0 Å². The van der Waals surface area contributed by atoms with Crippen LogP contribution in [-0.4, -0.2) is 27.5 Å². The Morgan fingerprint density at radius 1 is 1.50 bits per heavy atom. The number of nitrogens with zero attached hydrogens (tertiary/aromatic N) is 2. The zero-order valence-electron chi connectivity index (χ0n) is 10.3. The molecule has 1 saturated heterocycles. The first-order valence-corrected chi connectivity index (χ1v) is 6.72. The summed E-state index contributed by atoms with van der Waals surface area (Å²) in [5, 5.41) is 0.648. The van der Waals surface area contributed by atoms with Gasteiger partial charge in [0, 0.05) is 11.6 Å². The van der Waals surface area contributed by atoms with Gasteiger partial charge >= 0.3 is 5.69 Å². The quantitative estimate of drug-likeness (QED) is 0.907. The molecule has 18 heavy (non-hydrogen) atoms. The Kier molecular flexibility index (Phi) is 2.92. The van der Waals surface area contributed by atoms with Crippen LogP contribution in [0.5, 0.6) is 0 Å². The fraction of sp³-hybridized carbons (Fsp3) is 0.462. The predicted molar refractivity (Wildman–Crippen MR) is 73.1 cm³/mol. The fourth-order valence-corrected chi connectivity index (χ4v) is 3.04. The van der Waals surface area contributed by atoms with Gasteiger partial charge < -0.3 is 4.98 Å². The van der Waals surface area contributed by atoms with E-state index in [4.69, 9.17) is 11.6 Å². The van der Waals surface area contributed by atoms with E-state index in [1.54, 1.807) is 6.07 Å². The van der Waals surface area contributed by atoms with Gasteiger partial charge in [0.05, 0.1) is 17.2 Å². The van der Waals surface area contributed by atoms with Gasteiger partial charge in [0.2, 0.25) is 0 Å². The van der Waals surface area contributed by atoms with Gasteiger partial charge in [0.15, 0.2) is 0 Å². The minimum Gasteiger partial charge on any atom is -0.305 e. The Balaban J connectivity index is 2.16. The van der Waals surface area contributed by atoms with Crippen molar-refractivity contribution in [1.29, 1.82) is 0 Å². The third-order valence-electron chi connectivity index (χ3n) is 3.71. The van der Waals surface area contributed by atoms with Crippen molar-refractivity contribution in [1.82, 2.24) is 14.5 Å². The number of H-pyrrole nitrogens is 1. The Bertz CT molecular complexity index is 631. The number of imidazole rings is 1. The number of nitrogens with one attached hydrogen (secondary N) is 1. The first kappa shape index (κ1) is 11.8. The summed E-state index contributed by atoms with van der Waals surface area (Å²) >= 11 is 5.95. The molecule has 0 bridgehead atoms. The molecule has 4 nitrogen and oxygen atoms in total. The molecule has 0 aliphatic carbocycles. The molecule has 1 fully saturated rings. The van der Waals surface area contributed by atoms with Crippen molar-refractivity contribution in [3.05, 3.63) is 33.7 Å². The summed E-state index contributed by atoms with van der Waals surface area (Å²) in [6.07, 6.45) is 2.35. The van der Waals surface area contributed by atoms with Crippen LogP contribution in [0.3, 0.4) is 0 Å². The predicted octanol–water partition coefficient (Wildman–Crippen LogP) is 2.60. The highest BCUT2D eigenvalue weighted by atomic mass is 35.5. The highest BCUT2D eigenvalue weighted by molar-refractivity contribution is 6.31. The summed E-state index contributed by atoms with van der Waals surface area (Å²) in [5.41, 5.74) is 1.71. The number of rotatable bonds is 2. The molecule has 1 N–H and O–H groups in total. The third-order valence-corrected chi connectivity index (χ3v) is 3.95. The summed E-state index contributed by atoms with van der Waals surface area (Å²) in [7, 11) is 0. The fourth-order valence-electron chi connectivity index (χ4n) is 2.87. The van der Waals surface area contributed by atoms with E-state index < -0.39 is 0 Å². The molecule has 5 heteroatoms. The zero-order chi connectivity index (χ0) is 12.7. The summed E-state index contributed by atoms with van der Waals surface area (Å²) in [6.45, 7) is 4.17. The topological polar surface area (TPSA) is 41.0 Å². The van der Waals surface area contributed by atoms with Crippen LogP contribution < -0.4 is 5.69 Å². The van der Waals surface area contributed by atoms with Crippen molar-refractivity contribution in [3.63, 3.8) is 0 Å². The molecule has 3 rings (SSSR count). The molecular formula is C13H16ClN3O. The van der Waals surface area contributed by atoms with Crippen molar-refractivity contribution >= 4 is 22.6 Å². The molecule has 0 spiro atoms. The van der Waals surface area contributed by atoms with Gasteiger partial charge in [-0.2, -0.15) is 0 Å². The number of halogens is 1. The van der Waals surface area contributed by atoms with E-state index in [9.17, 15) is 4.79 Å². The second-order valence-corrected chi connectivity index (χ2v) is 5.15. The number of hydrogen-bond donors (Lipinski definition) is 1. The average Bonchev–Trinajstić information content (AvgIpc) is 2.90. The lowest BCUT2D eigenvalue weighted by Crippen LogP contribution is -2.32. The Labute approximate surface area is 110 Å². The summed E-state index contributed by atoms with van der Waals surface area (Å²) in [6, 6.07) is 5.56. The van der Waals surface area contributed by atoms with Crippen molar-refractivity contribution in [2.75, 3.05) is 13.1 Å². The van der Waals surface area contributed by atoms with E-state index in [-0.39, 0.29) is 11.9 Å². The number of fused-ring (bicyclic) bond motifs is 1. The molecule has 2 aromatic rings. The maximum atomic E-state index is 12.1. The minimum atomic E-state index is -0.0439. The molecule has 1 aliphatic heterocycles. The standard InChI is InChI=1S/C13H16ClN3O/c1-2-16-7-3-4-12(16)17-11-6-5-9(14)8-10(11)15-13(17)18/h5-6,8,12H,2-4,7H2,1H3,(H,15,18). The van der Waals surface area contributed by atoms with Crippen LogP contribution in [0.4, 0.5) is 0 Å². The van der Waals surface area contributed by atoms with Crippen LogP contribution in [0.15, 0.2) is 23.0 Å². The van der Waals surface area contributed by atoms with Crippen molar-refractivity contribution < 1.29 is 0 Å². The van der Waals surface area contributed by atoms with E-state index >= 15 is 0 Å².